The minimum absolute atomic E-state index is 0.0109. The average molecular weight is 741 g/mol. The number of nitro groups is 2. The third kappa shape index (κ3) is 6.37. The van der Waals surface area contributed by atoms with E-state index in [1.54, 1.807) is 12.2 Å². The number of carboxylic acid groups (broad SMARTS) is 1. The molecule has 2 heterocycles. The lowest BCUT2D eigenvalue weighted by Gasteiger charge is -2.33. The largest absolute Gasteiger partial charge is 0.871 e. The van der Waals surface area contributed by atoms with Gasteiger partial charge in [0, 0.05) is 76.3 Å². The number of nitro benzene ring substituents is 2. The zero-order valence-electron chi connectivity index (χ0n) is 31.0. The summed E-state index contributed by atoms with van der Waals surface area (Å²) < 4.78 is 1.86. The van der Waals surface area contributed by atoms with Gasteiger partial charge in [0.25, 0.3) is 11.4 Å². The first-order valence-corrected chi connectivity index (χ1v) is 18.2. The highest BCUT2D eigenvalue weighted by molar-refractivity contribution is 6.24. The number of rotatable bonds is 12. The summed E-state index contributed by atoms with van der Waals surface area (Å²) in [4.78, 5) is 49.4. The molecule has 55 heavy (non-hydrogen) atoms. The van der Waals surface area contributed by atoms with E-state index in [9.17, 15) is 34.9 Å². The van der Waals surface area contributed by atoms with Crippen LogP contribution in [-0.4, -0.2) is 43.5 Å². The molecule has 0 saturated heterocycles. The molecule has 1 aliphatic carbocycles. The minimum atomic E-state index is -0.832. The topological polar surface area (TPSA) is 170 Å². The number of allylic oxidation sites excluding steroid dienone is 5. The number of anilines is 1. The number of hydrogen-bond donors (Lipinski definition) is 1. The summed E-state index contributed by atoms with van der Waals surface area (Å²) in [5.74, 6) is -1.64. The lowest BCUT2D eigenvalue weighted by Crippen LogP contribution is -2.35. The number of hydrogen-bond acceptors (Lipinski definition) is 8. The predicted octanol–water partition coefficient (Wildman–Crippen LogP) is 7.68. The summed E-state index contributed by atoms with van der Waals surface area (Å²) in [5.41, 5.74) is 3.47. The Morgan fingerprint density at radius 3 is 2.20 bits per heavy atom. The molecule has 7 rings (SSSR count). The Morgan fingerprint density at radius 2 is 1.53 bits per heavy atom. The fraction of sp³-hybridized carbons (Fsp3) is 0.279. The standard InChI is InChI=1S/C43H40N4O8/c1-42(2)33-14-9-10-15-34(33)45(25-26-20-28(46(52)53)22-29(21-26)47(54)55)36(42)23-31-40(50)32(41(31)51)24-37-43(3,4)39-30-13-8-7-12-27(30)17-18-35(39)44(37)19-11-5-6-16-38(48)49/h7-10,12-15,17-18,20-24H,5-6,11,16,19,25H2,1-4H3,(H-,48,49,50,51). The fourth-order valence-corrected chi connectivity index (χ4v) is 8.34. The number of Topliss-reactive ketones (excluding diaryl/α,β-unsaturated/α-hetero) is 1. The predicted molar refractivity (Wildman–Crippen MR) is 206 cm³/mol. The molecule has 0 bridgehead atoms. The van der Waals surface area contributed by atoms with Crippen LogP contribution in [0.1, 0.15) is 70.1 Å². The summed E-state index contributed by atoms with van der Waals surface area (Å²) in [5, 5.41) is 48.7. The van der Waals surface area contributed by atoms with E-state index in [1.807, 2.05) is 54.8 Å². The second-order valence-corrected chi connectivity index (χ2v) is 15.3. The zero-order chi connectivity index (χ0) is 39.4. The zero-order valence-corrected chi connectivity index (χ0v) is 31.0. The molecule has 1 N–H and O–H groups in total. The first-order valence-electron chi connectivity index (χ1n) is 18.2. The summed E-state index contributed by atoms with van der Waals surface area (Å²) in [6.07, 6.45) is 5.38. The van der Waals surface area contributed by atoms with Gasteiger partial charge >= 0.3 is 5.97 Å². The maximum Gasteiger partial charge on any atom is 0.303 e. The van der Waals surface area contributed by atoms with Crippen LogP contribution >= 0.6 is 0 Å². The monoisotopic (exact) mass is 740 g/mol. The maximum absolute atomic E-state index is 14.1. The molecule has 0 aromatic heterocycles. The third-order valence-corrected chi connectivity index (χ3v) is 11.1. The quantitative estimate of drug-likeness (QED) is 0.0503. The second-order valence-electron chi connectivity index (χ2n) is 15.3. The minimum Gasteiger partial charge on any atom is -0.871 e. The summed E-state index contributed by atoms with van der Waals surface area (Å²) in [6, 6.07) is 23.3. The average Bonchev–Trinajstić information content (AvgIpc) is 3.50. The van der Waals surface area contributed by atoms with E-state index >= 15 is 0 Å². The SMILES string of the molecule is CC1(C)C(C=C2C(=O)C(/C=C3\N(CCCCCC(=O)O)c4ccc5ccccc5c4C3(C)C)=C2[O-])=[N+](Cc2cc([N+](=O)[O-])cc([N+](=O)[O-])c2)c2ccccc21. The van der Waals surface area contributed by atoms with Gasteiger partial charge in [0.15, 0.2) is 18.0 Å². The van der Waals surface area contributed by atoms with Gasteiger partial charge in [-0.2, -0.15) is 4.58 Å². The van der Waals surface area contributed by atoms with Crippen molar-refractivity contribution in [2.45, 2.75) is 70.8 Å². The Bertz CT molecular complexity index is 2440. The molecule has 0 spiro atoms. The van der Waals surface area contributed by atoms with Crippen molar-refractivity contribution in [1.82, 2.24) is 0 Å². The van der Waals surface area contributed by atoms with E-state index in [4.69, 9.17) is 5.11 Å². The number of benzene rings is 4. The van der Waals surface area contributed by atoms with E-state index in [2.05, 4.69) is 43.0 Å². The molecule has 3 aliphatic rings. The molecule has 12 nitrogen and oxygen atoms in total. The molecular formula is C43H40N4O8. The van der Waals surface area contributed by atoms with Crippen LogP contribution in [0.4, 0.5) is 22.7 Å². The van der Waals surface area contributed by atoms with Crippen molar-refractivity contribution in [2.75, 3.05) is 11.4 Å². The Hall–Kier alpha value is -6.43. The van der Waals surface area contributed by atoms with E-state index in [0.717, 1.165) is 45.0 Å². The normalized spacial score (nSPS) is 18.3. The summed E-state index contributed by atoms with van der Waals surface area (Å²) in [7, 11) is 0. The molecule has 4 aromatic carbocycles. The number of carbonyl (C=O) groups excluding carboxylic acids is 1. The van der Waals surface area contributed by atoms with Crippen LogP contribution in [0, 0.1) is 20.2 Å². The summed E-state index contributed by atoms with van der Waals surface area (Å²) in [6.45, 7) is 8.70. The van der Waals surface area contributed by atoms with Crippen molar-refractivity contribution >= 4 is 51.0 Å². The van der Waals surface area contributed by atoms with Gasteiger partial charge in [-0.15, -0.1) is 0 Å². The molecule has 0 amide bonds. The van der Waals surface area contributed by atoms with Crippen LogP contribution in [0.3, 0.4) is 0 Å². The van der Waals surface area contributed by atoms with Crippen LogP contribution in [0.15, 0.2) is 114 Å². The molecular weight excluding hydrogens is 700 g/mol. The van der Waals surface area contributed by atoms with Crippen molar-refractivity contribution in [3.8, 4) is 0 Å². The van der Waals surface area contributed by atoms with Crippen LogP contribution < -0.4 is 10.0 Å². The van der Waals surface area contributed by atoms with Gasteiger partial charge in [-0.3, -0.25) is 29.8 Å². The van der Waals surface area contributed by atoms with E-state index in [1.165, 1.54) is 12.1 Å². The Labute approximate surface area is 317 Å². The molecule has 2 aliphatic heterocycles. The van der Waals surface area contributed by atoms with Gasteiger partial charge in [0.2, 0.25) is 5.69 Å². The number of aliphatic carboxylic acids is 1. The van der Waals surface area contributed by atoms with Crippen molar-refractivity contribution in [2.24, 2.45) is 0 Å². The Morgan fingerprint density at radius 1 is 0.855 bits per heavy atom. The number of ketones is 1. The highest BCUT2D eigenvalue weighted by Gasteiger charge is 2.46. The smallest absolute Gasteiger partial charge is 0.303 e. The Kier molecular flexibility index (Phi) is 9.24. The van der Waals surface area contributed by atoms with E-state index < -0.39 is 49.6 Å². The van der Waals surface area contributed by atoms with E-state index in [0.29, 0.717) is 37.1 Å². The van der Waals surface area contributed by atoms with Crippen LogP contribution in [-0.2, 0) is 27.0 Å². The van der Waals surface area contributed by atoms with Gasteiger partial charge in [-0.25, -0.2) is 0 Å². The lowest BCUT2D eigenvalue weighted by molar-refractivity contribution is -0.455. The molecule has 4 aromatic rings. The molecule has 280 valence electrons. The fourth-order valence-electron chi connectivity index (χ4n) is 8.34. The number of carboxylic acids is 1. The number of nitrogens with zero attached hydrogens (tertiary/aromatic N) is 4. The van der Waals surface area contributed by atoms with Crippen molar-refractivity contribution in [1.29, 1.82) is 0 Å². The van der Waals surface area contributed by atoms with Crippen molar-refractivity contribution in [3.05, 3.63) is 151 Å². The van der Waals surface area contributed by atoms with Crippen molar-refractivity contribution in [3.63, 3.8) is 0 Å². The van der Waals surface area contributed by atoms with Crippen LogP contribution in [0.25, 0.3) is 10.8 Å². The van der Waals surface area contributed by atoms with Gasteiger partial charge in [0.1, 0.15) is 0 Å². The lowest BCUT2D eigenvalue weighted by atomic mass is 9.77. The van der Waals surface area contributed by atoms with Gasteiger partial charge in [0.05, 0.1) is 21.3 Å². The first kappa shape index (κ1) is 36.9. The number of para-hydroxylation sites is 1. The maximum atomic E-state index is 14.1. The molecule has 0 fully saturated rings. The van der Waals surface area contributed by atoms with Gasteiger partial charge < -0.3 is 15.1 Å². The first-order chi connectivity index (χ1) is 26.1. The summed E-state index contributed by atoms with van der Waals surface area (Å²) >= 11 is 0. The highest BCUT2D eigenvalue weighted by Crippen LogP contribution is 2.52. The number of unbranched alkanes of at least 4 members (excludes halogenated alkanes) is 2. The van der Waals surface area contributed by atoms with Crippen LogP contribution in [0.5, 0.6) is 0 Å². The highest BCUT2D eigenvalue weighted by atomic mass is 16.6. The molecule has 12 heteroatoms. The second kappa shape index (κ2) is 13.8. The molecule has 0 atom stereocenters. The number of fused-ring (bicyclic) bond motifs is 4. The van der Waals surface area contributed by atoms with E-state index in [-0.39, 0.29) is 24.1 Å². The molecule has 0 radical (unpaired) electrons. The Balaban J connectivity index is 1.31. The number of non-ortho nitro benzene ring substituents is 2. The van der Waals surface area contributed by atoms with Crippen LogP contribution in [0.2, 0.25) is 0 Å². The van der Waals surface area contributed by atoms with Crippen molar-refractivity contribution < 1.29 is 34.2 Å². The number of carbonyl (C=O) groups is 2. The van der Waals surface area contributed by atoms with Gasteiger partial charge in [-0.05, 0) is 55.2 Å². The molecule has 0 saturated carbocycles. The third-order valence-electron chi connectivity index (χ3n) is 11.1. The van der Waals surface area contributed by atoms with Gasteiger partial charge in [-0.1, -0.05) is 74.6 Å². The molecule has 0 unspecified atom stereocenters.